The highest BCUT2D eigenvalue weighted by Gasteiger charge is 2.37. The van der Waals surface area contributed by atoms with E-state index in [0.29, 0.717) is 17.6 Å². The number of carbonyl (C=O) groups is 2. The molecule has 5 nitrogen and oxygen atoms in total. The van der Waals surface area contributed by atoms with Crippen molar-refractivity contribution < 1.29 is 14.3 Å². The molecule has 2 heterocycles. The van der Waals surface area contributed by atoms with Crippen LogP contribution < -0.4 is 10.6 Å². The number of amides is 1. The van der Waals surface area contributed by atoms with E-state index in [4.69, 9.17) is 4.74 Å². The third-order valence-electron chi connectivity index (χ3n) is 5.51. The summed E-state index contributed by atoms with van der Waals surface area (Å²) in [5.74, 6) is -0.615. The third kappa shape index (κ3) is 3.35. The summed E-state index contributed by atoms with van der Waals surface area (Å²) in [6.07, 6.45) is 8.09. The van der Waals surface area contributed by atoms with Crippen LogP contribution in [0, 0.1) is 5.92 Å². The second-order valence-corrected chi connectivity index (χ2v) is 7.44. The van der Waals surface area contributed by atoms with Crippen LogP contribution in [0.2, 0.25) is 0 Å². The first-order valence-corrected chi connectivity index (χ1v) is 9.91. The fraction of sp³-hybridized carbons (Fsp3) is 0.120. The summed E-state index contributed by atoms with van der Waals surface area (Å²) in [6, 6.07) is 17.5. The van der Waals surface area contributed by atoms with E-state index in [9.17, 15) is 9.59 Å². The van der Waals surface area contributed by atoms with Crippen LogP contribution in [-0.2, 0) is 20.9 Å². The lowest BCUT2D eigenvalue weighted by atomic mass is 9.88. The van der Waals surface area contributed by atoms with Crippen LogP contribution in [0.3, 0.4) is 0 Å². The largest absolute Gasteiger partial charge is 0.457 e. The number of anilines is 1. The molecule has 1 unspecified atom stereocenters. The van der Waals surface area contributed by atoms with Gasteiger partial charge in [0.05, 0.1) is 5.57 Å². The summed E-state index contributed by atoms with van der Waals surface area (Å²) in [6.45, 7) is 0.222. The molecule has 2 N–H and O–H groups in total. The molecule has 2 aromatic rings. The lowest BCUT2D eigenvalue weighted by Gasteiger charge is -2.21. The van der Waals surface area contributed by atoms with Crippen LogP contribution in [0.15, 0.2) is 95.4 Å². The van der Waals surface area contributed by atoms with E-state index in [0.717, 1.165) is 28.2 Å². The lowest BCUT2D eigenvalue weighted by Crippen LogP contribution is -2.17. The summed E-state index contributed by atoms with van der Waals surface area (Å²) in [5.41, 5.74) is 5.70. The Morgan fingerprint density at radius 3 is 2.67 bits per heavy atom. The van der Waals surface area contributed by atoms with Crippen molar-refractivity contribution in [3.05, 3.63) is 106 Å². The van der Waals surface area contributed by atoms with Crippen molar-refractivity contribution in [3.8, 4) is 0 Å². The van der Waals surface area contributed by atoms with E-state index >= 15 is 0 Å². The maximum absolute atomic E-state index is 12.7. The van der Waals surface area contributed by atoms with Gasteiger partial charge >= 0.3 is 5.97 Å². The van der Waals surface area contributed by atoms with Gasteiger partial charge in [-0.15, -0.1) is 0 Å². The molecule has 2 aromatic carbocycles. The van der Waals surface area contributed by atoms with Gasteiger partial charge in [-0.25, -0.2) is 4.79 Å². The zero-order valence-electron chi connectivity index (χ0n) is 16.2. The van der Waals surface area contributed by atoms with Gasteiger partial charge in [0.1, 0.15) is 6.61 Å². The van der Waals surface area contributed by atoms with Crippen molar-refractivity contribution in [2.75, 3.05) is 5.32 Å². The molecular weight excluding hydrogens is 376 g/mol. The van der Waals surface area contributed by atoms with Crippen molar-refractivity contribution in [2.24, 2.45) is 5.92 Å². The Bertz CT molecular complexity index is 1160. The highest BCUT2D eigenvalue weighted by molar-refractivity contribution is 6.02. The van der Waals surface area contributed by atoms with Gasteiger partial charge < -0.3 is 15.4 Å². The molecule has 2 aliphatic heterocycles. The van der Waals surface area contributed by atoms with Gasteiger partial charge in [-0.3, -0.25) is 4.79 Å². The Labute approximate surface area is 174 Å². The Kier molecular flexibility index (Phi) is 4.56. The van der Waals surface area contributed by atoms with Gasteiger partial charge in [0, 0.05) is 28.6 Å². The van der Waals surface area contributed by atoms with Gasteiger partial charge in [-0.05, 0) is 35.8 Å². The van der Waals surface area contributed by atoms with Gasteiger partial charge in [0.25, 0.3) is 5.91 Å². The number of rotatable bonds is 3. The summed E-state index contributed by atoms with van der Waals surface area (Å²) < 4.78 is 5.43. The Balaban J connectivity index is 1.34. The number of esters is 1. The molecule has 0 spiro atoms. The number of nitrogens with one attached hydrogen (secondary N) is 2. The number of hydrogen-bond donors (Lipinski definition) is 2. The zero-order valence-corrected chi connectivity index (χ0v) is 16.2. The smallest absolute Gasteiger partial charge is 0.338 e. The molecule has 1 aliphatic carbocycles. The fourth-order valence-corrected chi connectivity index (χ4v) is 3.98. The summed E-state index contributed by atoms with van der Waals surface area (Å²) in [5, 5.41) is 6.29. The van der Waals surface area contributed by atoms with Crippen LogP contribution in [0.4, 0.5) is 5.69 Å². The monoisotopic (exact) mass is 396 g/mol. The second-order valence-electron chi connectivity index (χ2n) is 7.44. The number of carbonyl (C=O) groups excluding carboxylic acids is 2. The molecule has 5 rings (SSSR count). The molecule has 30 heavy (non-hydrogen) atoms. The number of ether oxygens (including phenoxy) is 1. The minimum Gasteiger partial charge on any atom is -0.457 e. The first-order chi connectivity index (χ1) is 14.7. The van der Waals surface area contributed by atoms with E-state index in [1.165, 1.54) is 0 Å². The number of fused-ring (bicyclic) bond motifs is 2. The first kappa shape index (κ1) is 18.2. The molecule has 0 radical (unpaired) electrons. The minimum atomic E-state index is -0.384. The molecule has 1 atom stereocenters. The van der Waals surface area contributed by atoms with E-state index in [2.05, 4.69) is 10.6 Å². The lowest BCUT2D eigenvalue weighted by molar-refractivity contribution is -0.140. The van der Waals surface area contributed by atoms with Crippen molar-refractivity contribution in [3.63, 3.8) is 0 Å². The standard InChI is InChI=1S/C25H20N2O3/c28-24-23(21-13-11-17-8-4-5-9-20(17)26-21)19-12-10-18(14-22(19)27-24)25(29)30-15-16-6-2-1-3-7-16/h1-11,13-14,19,26H,12,15H2,(H,27,28). The molecule has 0 saturated carbocycles. The molecule has 1 saturated heterocycles. The Morgan fingerprint density at radius 1 is 1.00 bits per heavy atom. The molecule has 0 bridgehead atoms. The quantitative estimate of drug-likeness (QED) is 0.606. The van der Waals surface area contributed by atoms with Crippen LogP contribution in [-0.4, -0.2) is 11.9 Å². The van der Waals surface area contributed by atoms with E-state index in [-0.39, 0.29) is 24.4 Å². The Hall–Kier alpha value is -3.86. The third-order valence-corrected chi connectivity index (χ3v) is 5.51. The molecule has 1 fully saturated rings. The highest BCUT2D eigenvalue weighted by atomic mass is 16.5. The Morgan fingerprint density at radius 2 is 1.80 bits per heavy atom. The number of allylic oxidation sites excluding steroid dienone is 3. The SMILES string of the molecule is O=C1NC2=CC(C(=O)OCc3ccccc3)=CCC2C1=C1C=Cc2ccccc2N1. The van der Waals surface area contributed by atoms with Crippen LogP contribution in [0.5, 0.6) is 0 Å². The average molecular weight is 396 g/mol. The predicted molar refractivity (Wildman–Crippen MR) is 115 cm³/mol. The molecule has 5 heteroatoms. The summed E-state index contributed by atoms with van der Waals surface area (Å²) in [7, 11) is 0. The van der Waals surface area contributed by atoms with Crippen LogP contribution >= 0.6 is 0 Å². The number of benzene rings is 2. The van der Waals surface area contributed by atoms with Crippen LogP contribution in [0.1, 0.15) is 17.5 Å². The van der Waals surface area contributed by atoms with Gasteiger partial charge in [0.2, 0.25) is 0 Å². The minimum absolute atomic E-state index is 0.0967. The summed E-state index contributed by atoms with van der Waals surface area (Å²) in [4.78, 5) is 25.2. The maximum Gasteiger partial charge on any atom is 0.338 e. The fourth-order valence-electron chi connectivity index (χ4n) is 3.98. The van der Waals surface area contributed by atoms with Gasteiger partial charge in [-0.1, -0.05) is 60.7 Å². The number of para-hydroxylation sites is 1. The molecule has 1 amide bonds. The van der Waals surface area contributed by atoms with E-state index < -0.39 is 0 Å². The molecule has 3 aliphatic rings. The van der Waals surface area contributed by atoms with Gasteiger partial charge in [0.15, 0.2) is 0 Å². The van der Waals surface area contributed by atoms with Crippen molar-refractivity contribution in [1.29, 1.82) is 0 Å². The second kappa shape index (κ2) is 7.52. The van der Waals surface area contributed by atoms with E-state index in [1.807, 2.05) is 72.8 Å². The normalized spacial score (nSPS) is 21.6. The molecular formula is C25H20N2O3. The maximum atomic E-state index is 12.7. The van der Waals surface area contributed by atoms with E-state index in [1.54, 1.807) is 6.08 Å². The molecule has 0 aromatic heterocycles. The van der Waals surface area contributed by atoms with Crippen molar-refractivity contribution in [2.45, 2.75) is 13.0 Å². The molecule has 148 valence electrons. The van der Waals surface area contributed by atoms with Gasteiger partial charge in [-0.2, -0.15) is 0 Å². The zero-order chi connectivity index (χ0) is 20.5. The summed E-state index contributed by atoms with van der Waals surface area (Å²) >= 11 is 0. The average Bonchev–Trinajstić information content (AvgIpc) is 3.12. The first-order valence-electron chi connectivity index (χ1n) is 9.91. The number of hydrogen-bond acceptors (Lipinski definition) is 4. The highest BCUT2D eigenvalue weighted by Crippen LogP contribution is 2.38. The topological polar surface area (TPSA) is 67.4 Å². The predicted octanol–water partition coefficient (Wildman–Crippen LogP) is 4.08. The van der Waals surface area contributed by atoms with Crippen LogP contribution in [0.25, 0.3) is 6.08 Å². The van der Waals surface area contributed by atoms with Crippen molar-refractivity contribution in [1.82, 2.24) is 5.32 Å². The van der Waals surface area contributed by atoms with Crippen molar-refractivity contribution >= 4 is 23.6 Å².